The number of aromatic nitrogens is 2. The average Bonchev–Trinajstić information content (AvgIpc) is 2.90. The largest absolute Gasteiger partial charge is 0.455 e. The molecule has 0 saturated heterocycles. The number of carbonyl (C=O) groups excluding carboxylic acids is 2. The van der Waals surface area contributed by atoms with Crippen molar-refractivity contribution in [3.05, 3.63) is 47.4 Å². The number of aliphatic imine (C=N–C) groups is 1. The van der Waals surface area contributed by atoms with Gasteiger partial charge in [-0.15, -0.1) is 0 Å². The molecule has 0 atom stereocenters. The lowest BCUT2D eigenvalue weighted by molar-refractivity contribution is 0.0459. The third kappa shape index (κ3) is 2.59. The molecule has 2 heterocycles. The van der Waals surface area contributed by atoms with Gasteiger partial charge in [-0.2, -0.15) is 10.3 Å². The van der Waals surface area contributed by atoms with Gasteiger partial charge >= 0.3 is 11.9 Å². The van der Waals surface area contributed by atoms with E-state index in [0.29, 0.717) is 0 Å². The topological polar surface area (TPSA) is 125 Å². The SMILES string of the molecule is NC1=Nc2[nH]c(C(=O)OCc3ccccc3)nc2C(=O)[N]1. The summed E-state index contributed by atoms with van der Waals surface area (Å²) in [6.45, 7) is 0.106. The number of nitrogens with zero attached hydrogens (tertiary/aromatic N) is 3. The Morgan fingerprint density at radius 1 is 1.29 bits per heavy atom. The molecule has 1 aliphatic heterocycles. The minimum absolute atomic E-state index is 0.0455. The Hall–Kier alpha value is -3.16. The number of esters is 1. The van der Waals surface area contributed by atoms with Crippen molar-refractivity contribution < 1.29 is 14.3 Å². The summed E-state index contributed by atoms with van der Waals surface area (Å²) in [4.78, 5) is 33.7. The van der Waals surface area contributed by atoms with E-state index in [2.05, 4.69) is 20.3 Å². The van der Waals surface area contributed by atoms with Gasteiger partial charge in [0, 0.05) is 0 Å². The summed E-state index contributed by atoms with van der Waals surface area (Å²) in [5.41, 5.74) is 6.16. The number of hydrogen-bond donors (Lipinski definition) is 2. The number of carbonyl (C=O) groups is 2. The summed E-state index contributed by atoms with van der Waals surface area (Å²) in [5.74, 6) is -1.51. The Morgan fingerprint density at radius 3 is 2.81 bits per heavy atom. The maximum Gasteiger partial charge on any atom is 0.374 e. The maximum absolute atomic E-state index is 11.9. The van der Waals surface area contributed by atoms with Crippen molar-refractivity contribution in [2.75, 3.05) is 0 Å². The predicted octanol–water partition coefficient (Wildman–Crippen LogP) is 0.471. The molecule has 2 aromatic rings. The predicted molar refractivity (Wildman–Crippen MR) is 71.9 cm³/mol. The van der Waals surface area contributed by atoms with Crippen LogP contribution in [0.2, 0.25) is 0 Å². The summed E-state index contributed by atoms with van der Waals surface area (Å²) >= 11 is 0. The van der Waals surface area contributed by atoms with E-state index < -0.39 is 11.9 Å². The highest BCUT2D eigenvalue weighted by Gasteiger charge is 2.26. The summed E-state index contributed by atoms with van der Waals surface area (Å²) < 4.78 is 5.10. The number of hydrogen-bond acceptors (Lipinski definition) is 6. The van der Waals surface area contributed by atoms with E-state index in [0.717, 1.165) is 5.56 Å². The molecule has 8 nitrogen and oxygen atoms in total. The number of fused-ring (bicyclic) bond motifs is 1. The van der Waals surface area contributed by atoms with Gasteiger partial charge in [-0.05, 0) is 5.56 Å². The monoisotopic (exact) mass is 284 g/mol. The summed E-state index contributed by atoms with van der Waals surface area (Å²) in [6, 6.07) is 9.20. The quantitative estimate of drug-likeness (QED) is 0.793. The molecule has 0 saturated carbocycles. The Balaban J connectivity index is 1.74. The molecule has 0 spiro atoms. The molecule has 0 bridgehead atoms. The fourth-order valence-electron chi connectivity index (χ4n) is 1.78. The molecule has 8 heteroatoms. The molecule has 0 aliphatic carbocycles. The minimum atomic E-state index is -0.685. The first-order chi connectivity index (χ1) is 10.1. The number of imidazole rings is 1. The highest BCUT2D eigenvalue weighted by molar-refractivity contribution is 6.10. The number of aromatic amines is 1. The molecule has 0 fully saturated rings. The van der Waals surface area contributed by atoms with E-state index in [1.54, 1.807) is 0 Å². The van der Waals surface area contributed by atoms with Crippen LogP contribution in [0.15, 0.2) is 35.3 Å². The molecule has 3 N–H and O–H groups in total. The Morgan fingerprint density at radius 2 is 2.05 bits per heavy atom. The third-order valence-electron chi connectivity index (χ3n) is 2.74. The fraction of sp³-hybridized carbons (Fsp3) is 0.0769. The highest BCUT2D eigenvalue weighted by Crippen LogP contribution is 2.19. The van der Waals surface area contributed by atoms with E-state index in [-0.39, 0.29) is 29.9 Å². The van der Waals surface area contributed by atoms with Crippen LogP contribution in [0.1, 0.15) is 26.7 Å². The summed E-state index contributed by atoms with van der Waals surface area (Å²) in [7, 11) is 0. The number of guanidine groups is 1. The zero-order valence-electron chi connectivity index (χ0n) is 10.7. The first-order valence-corrected chi connectivity index (χ1v) is 6.05. The first-order valence-electron chi connectivity index (χ1n) is 6.05. The summed E-state index contributed by atoms with van der Waals surface area (Å²) in [6.07, 6.45) is 0. The molecule has 1 radical (unpaired) electrons. The molecule has 3 rings (SSSR count). The number of H-pyrrole nitrogens is 1. The van der Waals surface area contributed by atoms with Gasteiger partial charge in [0.15, 0.2) is 11.5 Å². The van der Waals surface area contributed by atoms with Crippen LogP contribution in [-0.2, 0) is 11.3 Å². The van der Waals surface area contributed by atoms with Crippen LogP contribution in [-0.4, -0.2) is 27.8 Å². The number of rotatable bonds is 3. The molecule has 1 amide bonds. The molecular weight excluding hydrogens is 274 g/mol. The van der Waals surface area contributed by atoms with Crippen LogP contribution in [0.5, 0.6) is 0 Å². The van der Waals surface area contributed by atoms with Gasteiger partial charge in [-0.3, -0.25) is 4.79 Å². The molecule has 105 valence electrons. The van der Waals surface area contributed by atoms with E-state index in [9.17, 15) is 9.59 Å². The Kier molecular flexibility index (Phi) is 3.11. The zero-order valence-corrected chi connectivity index (χ0v) is 10.7. The van der Waals surface area contributed by atoms with E-state index in [4.69, 9.17) is 10.5 Å². The number of amides is 1. The summed E-state index contributed by atoms with van der Waals surface area (Å²) in [5, 5.41) is 3.44. The van der Waals surface area contributed by atoms with E-state index in [1.165, 1.54) is 0 Å². The second-order valence-corrected chi connectivity index (χ2v) is 4.23. The smallest absolute Gasteiger partial charge is 0.374 e. The first kappa shape index (κ1) is 12.9. The van der Waals surface area contributed by atoms with Crippen molar-refractivity contribution in [1.82, 2.24) is 15.3 Å². The standard InChI is InChI=1S/C13H10N5O3/c14-13-17-9-8(11(19)18-13)15-10(16-9)12(20)21-6-7-4-2-1-3-5-7/h1-5H,6H2,(H2,14,17)(H,15,16). The van der Waals surface area contributed by atoms with Gasteiger partial charge in [0.2, 0.25) is 11.8 Å². The molecule has 1 aromatic heterocycles. The fourth-order valence-corrected chi connectivity index (χ4v) is 1.78. The lowest BCUT2D eigenvalue weighted by Gasteiger charge is -2.03. The van der Waals surface area contributed by atoms with Crippen molar-refractivity contribution in [3.63, 3.8) is 0 Å². The average molecular weight is 284 g/mol. The maximum atomic E-state index is 11.9. The number of nitrogens with two attached hydrogens (primary N) is 1. The second kappa shape index (κ2) is 5.08. The number of nitrogens with one attached hydrogen (secondary N) is 1. The number of ether oxygens (including phenoxy) is 1. The molecule has 1 aliphatic rings. The van der Waals surface area contributed by atoms with E-state index in [1.807, 2.05) is 30.3 Å². The lowest BCUT2D eigenvalue weighted by atomic mass is 10.2. The Bertz CT molecular complexity index is 736. The van der Waals surface area contributed by atoms with Crippen LogP contribution in [0, 0.1) is 0 Å². The van der Waals surface area contributed by atoms with Gasteiger partial charge in [0.05, 0.1) is 0 Å². The van der Waals surface area contributed by atoms with Crippen LogP contribution >= 0.6 is 0 Å². The lowest BCUT2D eigenvalue weighted by Crippen LogP contribution is -2.32. The van der Waals surface area contributed by atoms with Gasteiger partial charge in [0.25, 0.3) is 0 Å². The Labute approximate surface area is 119 Å². The van der Waals surface area contributed by atoms with Crippen molar-refractivity contribution in [2.24, 2.45) is 10.7 Å². The van der Waals surface area contributed by atoms with Gasteiger partial charge < -0.3 is 15.5 Å². The van der Waals surface area contributed by atoms with Crippen LogP contribution in [0.4, 0.5) is 5.82 Å². The van der Waals surface area contributed by atoms with Crippen molar-refractivity contribution in [1.29, 1.82) is 0 Å². The van der Waals surface area contributed by atoms with Crippen LogP contribution in [0.3, 0.4) is 0 Å². The van der Waals surface area contributed by atoms with Crippen molar-refractivity contribution >= 4 is 23.7 Å². The molecule has 21 heavy (non-hydrogen) atoms. The zero-order chi connectivity index (χ0) is 14.8. The van der Waals surface area contributed by atoms with Gasteiger partial charge in [-0.1, -0.05) is 30.3 Å². The van der Waals surface area contributed by atoms with Gasteiger partial charge in [0.1, 0.15) is 6.61 Å². The van der Waals surface area contributed by atoms with Crippen LogP contribution in [0.25, 0.3) is 0 Å². The van der Waals surface area contributed by atoms with Crippen LogP contribution < -0.4 is 11.1 Å². The second-order valence-electron chi connectivity index (χ2n) is 4.23. The van der Waals surface area contributed by atoms with Crippen molar-refractivity contribution in [3.8, 4) is 0 Å². The number of benzene rings is 1. The van der Waals surface area contributed by atoms with E-state index >= 15 is 0 Å². The molecule has 1 aromatic carbocycles. The third-order valence-corrected chi connectivity index (χ3v) is 2.74. The van der Waals surface area contributed by atoms with Crippen molar-refractivity contribution in [2.45, 2.75) is 6.61 Å². The molecular formula is C13H10N5O3. The normalized spacial score (nSPS) is 13.1. The van der Waals surface area contributed by atoms with Gasteiger partial charge in [-0.25, -0.2) is 9.78 Å². The highest BCUT2D eigenvalue weighted by atomic mass is 16.5. The minimum Gasteiger partial charge on any atom is -0.455 e. The molecule has 0 unspecified atom stereocenters.